The smallest absolute Gasteiger partial charge is 0.343 e. The maximum Gasteiger partial charge on any atom is 0.343 e. The standard InChI is InChI=1S/C22H18N2O6/c1-13-5-10-18-19(11-13)21(26)23(20(18)25)16-3-2-4-17(12-16)30-22(27)14-6-8-15(9-7-14)24(28)29/h2-9,12,18-19H,10-11H2,1H3/t18-,19+/m1/s1. The van der Waals surface area contributed by atoms with Crippen LogP contribution in [0.2, 0.25) is 0 Å². The summed E-state index contributed by atoms with van der Waals surface area (Å²) in [5.74, 6) is -1.72. The van der Waals surface area contributed by atoms with Gasteiger partial charge in [-0.25, -0.2) is 9.69 Å². The maximum atomic E-state index is 12.9. The number of hydrogen-bond donors (Lipinski definition) is 0. The molecule has 0 N–H and O–H groups in total. The number of anilines is 1. The van der Waals surface area contributed by atoms with Gasteiger partial charge in [-0.1, -0.05) is 17.7 Å². The number of benzene rings is 2. The van der Waals surface area contributed by atoms with E-state index in [1.165, 1.54) is 41.3 Å². The highest BCUT2D eigenvalue weighted by Gasteiger charge is 2.48. The number of imide groups is 1. The van der Waals surface area contributed by atoms with Crippen LogP contribution in [-0.4, -0.2) is 22.7 Å². The highest BCUT2D eigenvalue weighted by atomic mass is 16.6. The van der Waals surface area contributed by atoms with Gasteiger partial charge in [0, 0.05) is 18.2 Å². The summed E-state index contributed by atoms with van der Waals surface area (Å²) in [6.07, 6.45) is 3.12. The minimum absolute atomic E-state index is 0.134. The molecule has 1 aliphatic heterocycles. The zero-order valence-corrected chi connectivity index (χ0v) is 16.1. The van der Waals surface area contributed by atoms with Crippen molar-refractivity contribution in [2.75, 3.05) is 4.90 Å². The largest absolute Gasteiger partial charge is 0.423 e. The number of amides is 2. The minimum Gasteiger partial charge on any atom is -0.423 e. The van der Waals surface area contributed by atoms with Crippen LogP contribution >= 0.6 is 0 Å². The molecule has 0 saturated carbocycles. The van der Waals surface area contributed by atoms with Crippen LogP contribution in [0, 0.1) is 22.0 Å². The summed E-state index contributed by atoms with van der Waals surface area (Å²) in [5, 5.41) is 10.7. The topological polar surface area (TPSA) is 107 Å². The van der Waals surface area contributed by atoms with Gasteiger partial charge in [0.1, 0.15) is 5.75 Å². The van der Waals surface area contributed by atoms with Crippen LogP contribution < -0.4 is 9.64 Å². The summed E-state index contributed by atoms with van der Waals surface area (Å²) >= 11 is 0. The number of carbonyl (C=O) groups is 3. The number of fused-ring (bicyclic) bond motifs is 1. The molecule has 0 bridgehead atoms. The van der Waals surface area contributed by atoms with Crippen LogP contribution in [0.3, 0.4) is 0 Å². The van der Waals surface area contributed by atoms with Crippen molar-refractivity contribution in [1.82, 2.24) is 0 Å². The molecule has 8 nitrogen and oxygen atoms in total. The molecule has 0 aromatic heterocycles. The molecule has 2 aromatic rings. The summed E-state index contributed by atoms with van der Waals surface area (Å²) in [6, 6.07) is 11.3. The number of hydrogen-bond acceptors (Lipinski definition) is 6. The van der Waals surface area contributed by atoms with Crippen LogP contribution in [-0.2, 0) is 9.59 Å². The zero-order valence-electron chi connectivity index (χ0n) is 16.1. The van der Waals surface area contributed by atoms with Gasteiger partial charge in [0.15, 0.2) is 0 Å². The summed E-state index contributed by atoms with van der Waals surface area (Å²) in [4.78, 5) is 49.4. The first-order valence-corrected chi connectivity index (χ1v) is 9.45. The van der Waals surface area contributed by atoms with E-state index in [9.17, 15) is 24.5 Å². The lowest BCUT2D eigenvalue weighted by Gasteiger charge is -2.18. The summed E-state index contributed by atoms with van der Waals surface area (Å²) in [7, 11) is 0. The van der Waals surface area contributed by atoms with E-state index in [0.717, 1.165) is 5.57 Å². The third-order valence-corrected chi connectivity index (χ3v) is 5.42. The first kappa shape index (κ1) is 19.5. The van der Waals surface area contributed by atoms with Crippen LogP contribution in [0.25, 0.3) is 0 Å². The number of nitro benzene ring substituents is 1. The summed E-state index contributed by atoms with van der Waals surface area (Å²) < 4.78 is 5.34. The molecule has 0 unspecified atom stereocenters. The van der Waals surface area contributed by atoms with Gasteiger partial charge in [-0.05, 0) is 44.0 Å². The first-order chi connectivity index (χ1) is 14.3. The molecule has 2 atom stereocenters. The van der Waals surface area contributed by atoms with Gasteiger partial charge in [0.2, 0.25) is 11.8 Å². The predicted octanol–water partition coefficient (Wildman–Crippen LogP) is 3.66. The molecule has 0 spiro atoms. The number of ether oxygens (including phenoxy) is 1. The zero-order chi connectivity index (χ0) is 21.4. The van der Waals surface area contributed by atoms with E-state index >= 15 is 0 Å². The number of non-ortho nitro benzene ring substituents is 1. The maximum absolute atomic E-state index is 12.9. The highest BCUT2D eigenvalue weighted by molar-refractivity contribution is 6.22. The molecule has 30 heavy (non-hydrogen) atoms. The normalized spacial score (nSPS) is 20.6. The van der Waals surface area contributed by atoms with E-state index in [0.29, 0.717) is 18.5 Å². The lowest BCUT2D eigenvalue weighted by atomic mass is 9.82. The van der Waals surface area contributed by atoms with Gasteiger partial charge in [0.25, 0.3) is 5.69 Å². The van der Waals surface area contributed by atoms with Gasteiger partial charge >= 0.3 is 5.97 Å². The third-order valence-electron chi connectivity index (χ3n) is 5.42. The van der Waals surface area contributed by atoms with E-state index in [1.54, 1.807) is 12.1 Å². The van der Waals surface area contributed by atoms with Crippen LogP contribution in [0.1, 0.15) is 30.1 Å². The Hall–Kier alpha value is -3.81. The lowest BCUT2D eigenvalue weighted by Crippen LogP contribution is -2.30. The van der Waals surface area contributed by atoms with Gasteiger partial charge < -0.3 is 4.74 Å². The molecular weight excluding hydrogens is 388 g/mol. The molecule has 1 fully saturated rings. The van der Waals surface area contributed by atoms with E-state index in [-0.39, 0.29) is 40.7 Å². The molecule has 1 aliphatic carbocycles. The Morgan fingerprint density at radius 2 is 1.80 bits per heavy atom. The highest BCUT2D eigenvalue weighted by Crippen LogP contribution is 2.40. The van der Waals surface area contributed by atoms with E-state index in [2.05, 4.69) is 0 Å². The summed E-state index contributed by atoms with van der Waals surface area (Å²) in [6.45, 7) is 1.95. The van der Waals surface area contributed by atoms with Gasteiger partial charge in [-0.3, -0.25) is 19.7 Å². The Labute approximate surface area is 171 Å². The second-order valence-electron chi connectivity index (χ2n) is 7.41. The molecule has 0 radical (unpaired) electrons. The number of nitrogens with zero attached hydrogens (tertiary/aromatic N) is 2. The molecule has 2 amide bonds. The molecule has 152 valence electrons. The van der Waals surface area contributed by atoms with Crippen molar-refractivity contribution in [2.45, 2.75) is 19.8 Å². The molecule has 1 heterocycles. The predicted molar refractivity (Wildman–Crippen MR) is 107 cm³/mol. The van der Waals surface area contributed by atoms with Gasteiger partial charge in [-0.15, -0.1) is 0 Å². The van der Waals surface area contributed by atoms with Crippen LogP contribution in [0.4, 0.5) is 11.4 Å². The summed E-state index contributed by atoms with van der Waals surface area (Å²) in [5.41, 5.74) is 1.47. The van der Waals surface area contributed by atoms with E-state index in [1.807, 2.05) is 13.0 Å². The number of allylic oxidation sites excluding steroid dienone is 2. The first-order valence-electron chi connectivity index (χ1n) is 9.45. The average Bonchev–Trinajstić information content (AvgIpc) is 2.98. The fourth-order valence-electron chi connectivity index (χ4n) is 3.86. The lowest BCUT2D eigenvalue weighted by molar-refractivity contribution is -0.384. The van der Waals surface area contributed by atoms with E-state index in [4.69, 9.17) is 4.74 Å². The minimum atomic E-state index is -0.699. The Kier molecular flexibility index (Phi) is 4.91. The van der Waals surface area contributed by atoms with Gasteiger partial charge in [0.05, 0.1) is 28.0 Å². The second-order valence-corrected chi connectivity index (χ2v) is 7.41. The van der Waals surface area contributed by atoms with Crippen LogP contribution in [0.15, 0.2) is 60.2 Å². The van der Waals surface area contributed by atoms with Crippen molar-refractivity contribution in [3.8, 4) is 5.75 Å². The van der Waals surface area contributed by atoms with Crippen molar-refractivity contribution >= 4 is 29.2 Å². The Morgan fingerprint density at radius 3 is 2.50 bits per heavy atom. The van der Waals surface area contributed by atoms with Crippen molar-refractivity contribution < 1.29 is 24.0 Å². The van der Waals surface area contributed by atoms with E-state index < -0.39 is 10.9 Å². The van der Waals surface area contributed by atoms with Crippen molar-refractivity contribution in [2.24, 2.45) is 11.8 Å². The number of esters is 1. The molecule has 1 saturated heterocycles. The molecule has 2 aliphatic rings. The number of rotatable bonds is 4. The fourth-order valence-corrected chi connectivity index (χ4v) is 3.86. The van der Waals surface area contributed by atoms with Crippen LogP contribution in [0.5, 0.6) is 5.75 Å². The third kappa shape index (κ3) is 3.47. The Morgan fingerprint density at radius 1 is 1.10 bits per heavy atom. The Balaban J connectivity index is 1.53. The number of carbonyl (C=O) groups excluding carboxylic acids is 3. The second kappa shape index (κ2) is 7.55. The quantitative estimate of drug-likeness (QED) is 0.192. The number of nitro groups is 1. The van der Waals surface area contributed by atoms with Gasteiger partial charge in [-0.2, -0.15) is 0 Å². The Bertz CT molecular complexity index is 1090. The molecule has 4 rings (SSSR count). The fraction of sp³-hybridized carbons (Fsp3) is 0.227. The average molecular weight is 406 g/mol. The molecule has 2 aromatic carbocycles. The molecule has 8 heteroatoms. The van der Waals surface area contributed by atoms with Crippen molar-refractivity contribution in [3.05, 3.63) is 75.9 Å². The van der Waals surface area contributed by atoms with Crippen molar-refractivity contribution in [3.63, 3.8) is 0 Å². The SMILES string of the molecule is CC1=CC[C@H]2C(=O)N(c3cccc(OC(=O)c4ccc([N+](=O)[O-])cc4)c3)C(=O)[C@H]2C1. The van der Waals surface area contributed by atoms with Crippen molar-refractivity contribution in [1.29, 1.82) is 0 Å². The monoisotopic (exact) mass is 406 g/mol. The molecular formula is C22H18N2O6.